The van der Waals surface area contributed by atoms with Gasteiger partial charge in [0, 0.05) is 16.0 Å². The van der Waals surface area contributed by atoms with Crippen LogP contribution in [0.25, 0.3) is 39.4 Å². The maximum Gasteiger partial charge on any atom is 0.416 e. The number of hydrogen-bond acceptors (Lipinski definition) is 5. The van der Waals surface area contributed by atoms with Crippen molar-refractivity contribution in [2.75, 3.05) is 0 Å². The third-order valence-electron chi connectivity index (χ3n) is 4.93. The van der Waals surface area contributed by atoms with Gasteiger partial charge in [0.2, 0.25) is 5.82 Å². The van der Waals surface area contributed by atoms with E-state index in [9.17, 15) is 18.0 Å². The molecule has 0 atom stereocenters. The van der Waals surface area contributed by atoms with E-state index >= 15 is 0 Å². The van der Waals surface area contributed by atoms with E-state index in [1.165, 1.54) is 12.1 Å². The summed E-state index contributed by atoms with van der Waals surface area (Å²) in [5, 5.41) is 9.47. The minimum atomic E-state index is -4.51. The van der Waals surface area contributed by atoms with Crippen LogP contribution in [0.4, 0.5) is 13.2 Å². The Bertz CT molecular complexity index is 1560. The highest BCUT2D eigenvalue weighted by atomic mass is 35.5. The fourth-order valence-electron chi connectivity index (χ4n) is 3.40. The van der Waals surface area contributed by atoms with Crippen LogP contribution in [0.2, 0.25) is 5.02 Å². The number of aromatic nitrogens is 4. The van der Waals surface area contributed by atoms with Crippen molar-refractivity contribution in [3.05, 3.63) is 93.7 Å². The first kappa shape index (κ1) is 20.9. The lowest BCUT2D eigenvalue weighted by Crippen LogP contribution is -2.22. The highest BCUT2D eigenvalue weighted by Crippen LogP contribution is 2.32. The molecular weight excluding hydrogens is 457 g/mol. The molecule has 0 aliphatic carbocycles. The smallest absolute Gasteiger partial charge is 0.332 e. The summed E-state index contributed by atoms with van der Waals surface area (Å²) in [5.41, 5.74) is -0.445. The molecule has 0 fully saturated rings. The lowest BCUT2D eigenvalue weighted by atomic mass is 10.1. The summed E-state index contributed by atoms with van der Waals surface area (Å²) in [6, 6.07) is 17.9. The zero-order valence-corrected chi connectivity index (χ0v) is 17.3. The van der Waals surface area contributed by atoms with Crippen LogP contribution in [0.5, 0.6) is 0 Å². The summed E-state index contributed by atoms with van der Waals surface area (Å²) in [6.45, 7) is 0. The molecule has 0 saturated heterocycles. The molecule has 6 nitrogen and oxygen atoms in total. The number of nitrogens with zero attached hydrogens (tertiary/aromatic N) is 4. The van der Waals surface area contributed by atoms with Crippen molar-refractivity contribution < 1.29 is 17.7 Å². The summed E-state index contributed by atoms with van der Waals surface area (Å²) in [6.07, 6.45) is -4.51. The van der Waals surface area contributed by atoms with Gasteiger partial charge < -0.3 is 4.52 Å². The van der Waals surface area contributed by atoms with Gasteiger partial charge in [-0.15, -0.1) is 0 Å². The quantitative estimate of drug-likeness (QED) is 0.336. The average Bonchev–Trinajstić information content (AvgIpc) is 3.29. The normalized spacial score (nSPS) is 11.8. The van der Waals surface area contributed by atoms with Gasteiger partial charge in [0.05, 0.1) is 16.6 Å². The molecular formula is C23H12ClF3N4O2. The fraction of sp³-hybridized carbons (Fsp3) is 0.0435. The molecule has 0 aliphatic rings. The summed E-state index contributed by atoms with van der Waals surface area (Å²) >= 11 is 6.07. The third-order valence-corrected chi connectivity index (χ3v) is 5.17. The lowest BCUT2D eigenvalue weighted by molar-refractivity contribution is -0.137. The van der Waals surface area contributed by atoms with E-state index in [1.54, 1.807) is 48.5 Å². The van der Waals surface area contributed by atoms with E-state index in [-0.39, 0.29) is 28.5 Å². The van der Waals surface area contributed by atoms with Gasteiger partial charge in [0.1, 0.15) is 0 Å². The summed E-state index contributed by atoms with van der Waals surface area (Å²) in [7, 11) is 0. The van der Waals surface area contributed by atoms with Crippen molar-refractivity contribution in [1.82, 2.24) is 19.9 Å². The SMILES string of the molecule is O=c1c2ccccc2c(-c2nc(-c3cccc(C(F)(F)F)c3)no2)nn1-c1cccc(Cl)c1. The van der Waals surface area contributed by atoms with E-state index in [2.05, 4.69) is 15.2 Å². The highest BCUT2D eigenvalue weighted by molar-refractivity contribution is 6.30. The zero-order valence-electron chi connectivity index (χ0n) is 16.5. The maximum absolute atomic E-state index is 13.1. The molecule has 0 radical (unpaired) electrons. The van der Waals surface area contributed by atoms with Gasteiger partial charge in [0.25, 0.3) is 11.4 Å². The molecule has 2 heterocycles. The Kier molecular flexibility index (Phi) is 4.98. The molecule has 2 aromatic heterocycles. The number of rotatable bonds is 3. The molecule has 3 aromatic carbocycles. The largest absolute Gasteiger partial charge is 0.416 e. The Morgan fingerprint density at radius 2 is 1.67 bits per heavy atom. The van der Waals surface area contributed by atoms with Crippen molar-refractivity contribution in [3.8, 4) is 28.7 Å². The Hall–Kier alpha value is -3.98. The molecule has 0 N–H and O–H groups in total. The molecule has 0 unspecified atom stereocenters. The Morgan fingerprint density at radius 3 is 2.42 bits per heavy atom. The van der Waals surface area contributed by atoms with E-state index in [0.29, 0.717) is 21.5 Å². The topological polar surface area (TPSA) is 73.8 Å². The van der Waals surface area contributed by atoms with Crippen molar-refractivity contribution in [2.24, 2.45) is 0 Å². The molecule has 33 heavy (non-hydrogen) atoms. The number of benzene rings is 3. The van der Waals surface area contributed by atoms with Gasteiger partial charge in [-0.1, -0.05) is 53.2 Å². The molecule has 0 aliphatic heterocycles. The van der Waals surface area contributed by atoms with Crippen LogP contribution in [0.3, 0.4) is 0 Å². The minimum Gasteiger partial charge on any atom is -0.332 e. The number of halogens is 4. The molecule has 5 rings (SSSR count). The van der Waals surface area contributed by atoms with Crippen LogP contribution in [0, 0.1) is 0 Å². The molecule has 0 bridgehead atoms. The third kappa shape index (κ3) is 3.87. The first-order valence-electron chi connectivity index (χ1n) is 9.61. The number of hydrogen-bond donors (Lipinski definition) is 0. The second-order valence-electron chi connectivity index (χ2n) is 7.09. The van der Waals surface area contributed by atoms with E-state index in [1.807, 2.05) is 0 Å². The first-order chi connectivity index (χ1) is 15.8. The minimum absolute atomic E-state index is 0.0394. The maximum atomic E-state index is 13.1. The Morgan fingerprint density at radius 1 is 0.909 bits per heavy atom. The predicted octanol–water partition coefficient (Wildman–Crippen LogP) is 5.77. The highest BCUT2D eigenvalue weighted by Gasteiger charge is 2.31. The standard InChI is InChI=1S/C23H12ClF3N4O2/c24-15-7-4-8-16(12-15)31-22(32)18-10-2-1-9-17(18)19(29-31)21-28-20(30-33-21)13-5-3-6-14(11-13)23(25,26)27/h1-12H. The Labute approximate surface area is 188 Å². The van der Waals surface area contributed by atoms with Gasteiger partial charge in [-0.25, -0.2) is 0 Å². The van der Waals surface area contributed by atoms with Gasteiger partial charge in [-0.3, -0.25) is 4.79 Å². The van der Waals surface area contributed by atoms with Crippen LogP contribution in [-0.2, 0) is 6.18 Å². The summed E-state index contributed by atoms with van der Waals surface area (Å²) in [5.74, 6) is -0.0862. The van der Waals surface area contributed by atoms with Gasteiger partial charge in [0.15, 0.2) is 5.69 Å². The second-order valence-corrected chi connectivity index (χ2v) is 7.53. The monoisotopic (exact) mass is 468 g/mol. The van der Waals surface area contributed by atoms with Gasteiger partial charge in [-0.2, -0.15) is 27.9 Å². The van der Waals surface area contributed by atoms with Crippen LogP contribution < -0.4 is 5.56 Å². The first-order valence-corrected chi connectivity index (χ1v) is 9.99. The fourth-order valence-corrected chi connectivity index (χ4v) is 3.59. The molecule has 0 spiro atoms. The molecule has 164 valence electrons. The summed E-state index contributed by atoms with van der Waals surface area (Å²) < 4.78 is 45.8. The average molecular weight is 469 g/mol. The lowest BCUT2D eigenvalue weighted by Gasteiger charge is -2.09. The van der Waals surface area contributed by atoms with E-state index in [0.717, 1.165) is 16.8 Å². The van der Waals surface area contributed by atoms with Crippen molar-refractivity contribution in [1.29, 1.82) is 0 Å². The van der Waals surface area contributed by atoms with E-state index < -0.39 is 11.7 Å². The van der Waals surface area contributed by atoms with Crippen LogP contribution in [0.15, 0.2) is 82.1 Å². The van der Waals surface area contributed by atoms with Gasteiger partial charge >= 0.3 is 6.18 Å². The molecule has 0 saturated carbocycles. The molecule has 5 aromatic rings. The summed E-state index contributed by atoms with van der Waals surface area (Å²) in [4.78, 5) is 17.3. The van der Waals surface area contributed by atoms with E-state index in [4.69, 9.17) is 16.1 Å². The Balaban J connectivity index is 1.68. The predicted molar refractivity (Wildman–Crippen MR) is 116 cm³/mol. The van der Waals surface area contributed by atoms with Crippen molar-refractivity contribution >= 4 is 22.4 Å². The van der Waals surface area contributed by atoms with Crippen LogP contribution >= 0.6 is 11.6 Å². The zero-order chi connectivity index (χ0) is 23.2. The van der Waals surface area contributed by atoms with Crippen molar-refractivity contribution in [2.45, 2.75) is 6.18 Å². The number of fused-ring (bicyclic) bond motifs is 1. The number of alkyl halides is 3. The molecule has 10 heteroatoms. The second kappa shape index (κ2) is 7.86. The van der Waals surface area contributed by atoms with Crippen LogP contribution in [0.1, 0.15) is 5.56 Å². The van der Waals surface area contributed by atoms with Crippen molar-refractivity contribution in [3.63, 3.8) is 0 Å². The van der Waals surface area contributed by atoms with Crippen LogP contribution in [-0.4, -0.2) is 19.9 Å². The molecule has 0 amide bonds. The van der Waals surface area contributed by atoms with Gasteiger partial charge in [-0.05, 0) is 36.4 Å².